The predicted octanol–water partition coefficient (Wildman–Crippen LogP) is 0.603. The van der Waals surface area contributed by atoms with Gasteiger partial charge in [-0.3, -0.25) is 4.68 Å². The van der Waals surface area contributed by atoms with Crippen LogP contribution in [0.25, 0.3) is 0 Å². The highest BCUT2D eigenvalue weighted by Gasteiger charge is 2.10. The molecule has 1 aromatic heterocycles. The summed E-state index contributed by atoms with van der Waals surface area (Å²) in [6, 6.07) is 0. The van der Waals surface area contributed by atoms with E-state index in [2.05, 4.69) is 42.8 Å². The van der Waals surface area contributed by atoms with Gasteiger partial charge in [-0.25, -0.2) is 0 Å². The van der Waals surface area contributed by atoms with Crippen molar-refractivity contribution in [3.05, 3.63) is 17.0 Å². The maximum absolute atomic E-state index is 4.48. The molecule has 0 fully saturated rings. The average molecular weight is 182 g/mol. The van der Waals surface area contributed by atoms with Crippen molar-refractivity contribution in [1.82, 2.24) is 9.78 Å². The first kappa shape index (κ1) is 10.3. The molecule has 1 rings (SSSR count). The standard InChI is InChI=1S/C10H19N3/c1-5-11-7-10-8(3)12-13(6-2)9(10)4/h11H,5-7H2,1-4H3/p+1. The molecule has 0 radical (unpaired) electrons. The predicted molar refractivity (Wildman–Crippen MR) is 53.5 cm³/mol. The molecule has 0 bridgehead atoms. The largest absolute Gasteiger partial charge is 0.343 e. The van der Waals surface area contributed by atoms with E-state index >= 15 is 0 Å². The SMILES string of the molecule is CC[NH2+]Cc1c(C)nn(CC)c1C. The summed E-state index contributed by atoms with van der Waals surface area (Å²) in [6.45, 7) is 11.7. The van der Waals surface area contributed by atoms with Gasteiger partial charge in [-0.05, 0) is 27.7 Å². The molecule has 0 aliphatic heterocycles. The van der Waals surface area contributed by atoms with Crippen LogP contribution < -0.4 is 5.32 Å². The van der Waals surface area contributed by atoms with Crippen LogP contribution in [-0.2, 0) is 13.1 Å². The van der Waals surface area contributed by atoms with Crippen LogP contribution in [0, 0.1) is 13.8 Å². The molecule has 74 valence electrons. The molecular formula is C10H20N3+. The molecule has 0 spiro atoms. The number of nitrogens with zero attached hydrogens (tertiary/aromatic N) is 2. The molecule has 2 N–H and O–H groups in total. The smallest absolute Gasteiger partial charge is 0.105 e. The molecule has 13 heavy (non-hydrogen) atoms. The Morgan fingerprint density at radius 3 is 2.46 bits per heavy atom. The van der Waals surface area contributed by atoms with Gasteiger partial charge in [0.25, 0.3) is 0 Å². The number of aromatic nitrogens is 2. The summed E-state index contributed by atoms with van der Waals surface area (Å²) in [5.41, 5.74) is 3.91. The van der Waals surface area contributed by atoms with Gasteiger partial charge in [-0.15, -0.1) is 0 Å². The highest BCUT2D eigenvalue weighted by Crippen LogP contribution is 2.10. The Kier molecular flexibility index (Phi) is 3.48. The Morgan fingerprint density at radius 2 is 2.00 bits per heavy atom. The molecule has 0 saturated heterocycles. The van der Waals surface area contributed by atoms with Crippen molar-refractivity contribution in [2.24, 2.45) is 0 Å². The lowest BCUT2D eigenvalue weighted by Gasteiger charge is -2.00. The van der Waals surface area contributed by atoms with Gasteiger partial charge in [-0.1, -0.05) is 0 Å². The van der Waals surface area contributed by atoms with Crippen LogP contribution in [0.1, 0.15) is 30.8 Å². The van der Waals surface area contributed by atoms with Crippen molar-refractivity contribution in [2.45, 2.75) is 40.8 Å². The van der Waals surface area contributed by atoms with Gasteiger partial charge >= 0.3 is 0 Å². The molecule has 3 nitrogen and oxygen atoms in total. The Hall–Kier alpha value is -0.830. The second-order valence-corrected chi connectivity index (χ2v) is 3.37. The van der Waals surface area contributed by atoms with Crippen molar-refractivity contribution in [2.75, 3.05) is 6.54 Å². The highest BCUT2D eigenvalue weighted by molar-refractivity contribution is 5.23. The Labute approximate surface area is 80.1 Å². The summed E-state index contributed by atoms with van der Waals surface area (Å²) in [7, 11) is 0. The van der Waals surface area contributed by atoms with Gasteiger partial charge in [-0.2, -0.15) is 5.10 Å². The van der Waals surface area contributed by atoms with E-state index in [0.717, 1.165) is 19.6 Å². The third kappa shape index (κ3) is 2.10. The average Bonchev–Trinajstić information content (AvgIpc) is 2.39. The fraction of sp³-hybridized carbons (Fsp3) is 0.700. The molecule has 0 saturated carbocycles. The Balaban J connectivity index is 2.85. The number of quaternary nitrogens is 1. The molecule has 0 aromatic carbocycles. The van der Waals surface area contributed by atoms with E-state index in [1.165, 1.54) is 17.0 Å². The molecule has 1 aromatic rings. The van der Waals surface area contributed by atoms with E-state index in [4.69, 9.17) is 0 Å². The second-order valence-electron chi connectivity index (χ2n) is 3.37. The Morgan fingerprint density at radius 1 is 1.31 bits per heavy atom. The molecule has 0 aliphatic carbocycles. The number of hydrogen-bond acceptors (Lipinski definition) is 1. The normalized spacial score (nSPS) is 10.8. The maximum Gasteiger partial charge on any atom is 0.105 e. The minimum atomic E-state index is 0.971. The first-order chi connectivity index (χ1) is 6.20. The fourth-order valence-corrected chi connectivity index (χ4v) is 1.63. The summed E-state index contributed by atoms with van der Waals surface area (Å²) >= 11 is 0. The van der Waals surface area contributed by atoms with Gasteiger partial charge in [0.05, 0.1) is 12.2 Å². The lowest BCUT2D eigenvalue weighted by Crippen LogP contribution is -2.82. The number of nitrogens with two attached hydrogens (primary N) is 1. The molecule has 0 aliphatic rings. The van der Waals surface area contributed by atoms with Crippen LogP contribution in [-0.4, -0.2) is 16.3 Å². The lowest BCUT2D eigenvalue weighted by atomic mass is 10.2. The highest BCUT2D eigenvalue weighted by atomic mass is 15.3. The van der Waals surface area contributed by atoms with E-state index < -0.39 is 0 Å². The zero-order valence-electron chi connectivity index (χ0n) is 9.09. The van der Waals surface area contributed by atoms with Gasteiger partial charge in [0.2, 0.25) is 0 Å². The molecule has 0 atom stereocenters. The van der Waals surface area contributed by atoms with Crippen LogP contribution in [0.4, 0.5) is 0 Å². The van der Waals surface area contributed by atoms with Gasteiger partial charge in [0.15, 0.2) is 0 Å². The van der Waals surface area contributed by atoms with E-state index in [9.17, 15) is 0 Å². The summed E-state index contributed by atoms with van der Waals surface area (Å²) in [5, 5.41) is 6.78. The summed E-state index contributed by atoms with van der Waals surface area (Å²) in [5.74, 6) is 0. The monoisotopic (exact) mass is 182 g/mol. The summed E-state index contributed by atoms with van der Waals surface area (Å²) in [4.78, 5) is 0. The fourth-order valence-electron chi connectivity index (χ4n) is 1.63. The van der Waals surface area contributed by atoms with Crippen LogP contribution in [0.3, 0.4) is 0 Å². The molecular weight excluding hydrogens is 162 g/mol. The van der Waals surface area contributed by atoms with Crippen LogP contribution >= 0.6 is 0 Å². The van der Waals surface area contributed by atoms with Crippen LogP contribution in [0.2, 0.25) is 0 Å². The number of hydrogen-bond donors (Lipinski definition) is 1. The first-order valence-electron chi connectivity index (χ1n) is 5.05. The topological polar surface area (TPSA) is 34.4 Å². The van der Waals surface area contributed by atoms with E-state index in [1.54, 1.807) is 0 Å². The Bertz CT molecular complexity index is 276. The molecule has 1 heterocycles. The van der Waals surface area contributed by atoms with E-state index in [-0.39, 0.29) is 0 Å². The number of aryl methyl sites for hydroxylation is 2. The van der Waals surface area contributed by atoms with Crippen molar-refractivity contribution in [1.29, 1.82) is 0 Å². The molecule has 3 heteroatoms. The van der Waals surface area contributed by atoms with Gasteiger partial charge in [0, 0.05) is 17.8 Å². The summed E-state index contributed by atoms with van der Waals surface area (Å²) < 4.78 is 2.08. The van der Waals surface area contributed by atoms with Crippen molar-refractivity contribution in [3.63, 3.8) is 0 Å². The lowest BCUT2D eigenvalue weighted by molar-refractivity contribution is -0.667. The van der Waals surface area contributed by atoms with Crippen molar-refractivity contribution >= 4 is 0 Å². The minimum Gasteiger partial charge on any atom is -0.343 e. The first-order valence-corrected chi connectivity index (χ1v) is 5.05. The minimum absolute atomic E-state index is 0.971. The van der Waals surface area contributed by atoms with Gasteiger partial charge < -0.3 is 5.32 Å². The zero-order valence-corrected chi connectivity index (χ0v) is 9.09. The third-order valence-electron chi connectivity index (χ3n) is 2.47. The number of rotatable bonds is 4. The molecule has 0 unspecified atom stereocenters. The van der Waals surface area contributed by atoms with E-state index in [0.29, 0.717) is 0 Å². The van der Waals surface area contributed by atoms with Gasteiger partial charge in [0.1, 0.15) is 6.54 Å². The second kappa shape index (κ2) is 4.42. The summed E-state index contributed by atoms with van der Waals surface area (Å²) in [6.07, 6.45) is 0. The van der Waals surface area contributed by atoms with E-state index in [1.807, 2.05) is 0 Å². The third-order valence-corrected chi connectivity index (χ3v) is 2.47. The van der Waals surface area contributed by atoms with Crippen LogP contribution in [0.15, 0.2) is 0 Å². The zero-order chi connectivity index (χ0) is 9.84. The van der Waals surface area contributed by atoms with Crippen molar-refractivity contribution < 1.29 is 5.32 Å². The maximum atomic E-state index is 4.48. The quantitative estimate of drug-likeness (QED) is 0.727. The van der Waals surface area contributed by atoms with Crippen molar-refractivity contribution in [3.8, 4) is 0 Å². The van der Waals surface area contributed by atoms with Crippen LogP contribution in [0.5, 0.6) is 0 Å². The molecule has 0 amide bonds.